The molecule has 0 radical (unpaired) electrons. The monoisotopic (exact) mass is 248 g/mol. The zero-order valence-electron chi connectivity index (χ0n) is 11.6. The van der Waals surface area contributed by atoms with Crippen LogP contribution in [-0.4, -0.2) is 33.9 Å². The molecule has 0 bridgehead atoms. The lowest BCUT2D eigenvalue weighted by Crippen LogP contribution is -2.29. The smallest absolute Gasteiger partial charge is 0.0637 e. The summed E-state index contributed by atoms with van der Waals surface area (Å²) in [5.41, 5.74) is 2.55. The number of hydrogen-bond donors (Lipinski definition) is 1. The summed E-state index contributed by atoms with van der Waals surface area (Å²) in [6.07, 6.45) is 1.93. The number of anilines is 1. The summed E-state index contributed by atoms with van der Waals surface area (Å²) < 4.78 is 5.18. The van der Waals surface area contributed by atoms with Crippen LogP contribution in [0.3, 0.4) is 0 Å². The largest absolute Gasteiger partial charge is 0.383 e. The number of nitrogens with one attached hydrogen (secondary N) is 1. The lowest BCUT2D eigenvalue weighted by molar-refractivity contribution is 0.205. The Hall–Kier alpha value is -1.32. The Morgan fingerprint density at radius 1 is 1.44 bits per heavy atom. The van der Waals surface area contributed by atoms with E-state index in [4.69, 9.17) is 4.74 Å². The number of para-hydroxylation sites is 1. The summed E-state index contributed by atoms with van der Waals surface area (Å²) in [5.74, 6) is 0. The topological polar surface area (TPSA) is 24.5 Å². The van der Waals surface area contributed by atoms with Gasteiger partial charge in [0.2, 0.25) is 0 Å². The molecule has 0 aliphatic heterocycles. The Labute approximate surface area is 110 Å². The van der Waals surface area contributed by atoms with Crippen LogP contribution in [0.1, 0.15) is 18.5 Å². The molecule has 0 heterocycles. The van der Waals surface area contributed by atoms with E-state index in [1.807, 2.05) is 13.1 Å². The van der Waals surface area contributed by atoms with Gasteiger partial charge >= 0.3 is 0 Å². The summed E-state index contributed by atoms with van der Waals surface area (Å²) in [6.45, 7) is 8.42. The van der Waals surface area contributed by atoms with E-state index in [2.05, 4.69) is 48.0 Å². The number of hydrogen-bond acceptors (Lipinski definition) is 3. The predicted octanol–water partition coefficient (Wildman–Crippen LogP) is 2.61. The van der Waals surface area contributed by atoms with Crippen molar-refractivity contribution in [2.75, 3.05) is 38.8 Å². The number of rotatable bonds is 8. The summed E-state index contributed by atoms with van der Waals surface area (Å²) in [6, 6.07) is 8.80. The quantitative estimate of drug-likeness (QED) is 0.716. The fraction of sp³-hybridized carbons (Fsp3) is 0.467. The van der Waals surface area contributed by atoms with Gasteiger partial charge in [0.1, 0.15) is 0 Å². The average molecular weight is 248 g/mol. The van der Waals surface area contributed by atoms with Crippen molar-refractivity contribution >= 4 is 5.69 Å². The van der Waals surface area contributed by atoms with E-state index in [0.29, 0.717) is 6.04 Å². The van der Waals surface area contributed by atoms with Crippen LogP contribution in [0.4, 0.5) is 5.69 Å². The lowest BCUT2D eigenvalue weighted by atomic mass is 10.1. The minimum Gasteiger partial charge on any atom is -0.383 e. The van der Waals surface area contributed by atoms with Gasteiger partial charge in [0.15, 0.2) is 0 Å². The third-order valence-corrected chi connectivity index (χ3v) is 3.09. The zero-order chi connectivity index (χ0) is 13.4. The minimum atomic E-state index is 0.330. The summed E-state index contributed by atoms with van der Waals surface area (Å²) in [5, 5.41) is 3.29. The molecule has 0 saturated heterocycles. The second kappa shape index (κ2) is 7.90. The maximum atomic E-state index is 5.18. The van der Waals surface area contributed by atoms with E-state index < -0.39 is 0 Å². The van der Waals surface area contributed by atoms with Crippen LogP contribution in [0.25, 0.3) is 0 Å². The second-order valence-electron chi connectivity index (χ2n) is 4.30. The van der Waals surface area contributed by atoms with Gasteiger partial charge in [0, 0.05) is 31.9 Å². The van der Waals surface area contributed by atoms with Crippen molar-refractivity contribution in [3.05, 3.63) is 42.5 Å². The number of nitrogens with zero attached hydrogens (tertiary/aromatic N) is 1. The molecule has 3 heteroatoms. The van der Waals surface area contributed by atoms with E-state index in [1.165, 1.54) is 11.3 Å². The van der Waals surface area contributed by atoms with E-state index in [1.54, 1.807) is 7.11 Å². The highest BCUT2D eigenvalue weighted by molar-refractivity contribution is 5.55. The lowest BCUT2D eigenvalue weighted by Gasteiger charge is -2.27. The molecule has 0 fully saturated rings. The first-order chi connectivity index (χ1) is 8.74. The fourth-order valence-corrected chi connectivity index (χ4v) is 1.96. The number of ether oxygens (including phenoxy) is 1. The molecule has 0 amide bonds. The van der Waals surface area contributed by atoms with Crippen molar-refractivity contribution < 1.29 is 4.74 Å². The first-order valence-corrected chi connectivity index (χ1v) is 6.35. The molecule has 100 valence electrons. The molecular weight excluding hydrogens is 224 g/mol. The molecule has 1 unspecified atom stereocenters. The van der Waals surface area contributed by atoms with Crippen molar-refractivity contribution in [3.63, 3.8) is 0 Å². The molecule has 1 aromatic carbocycles. The van der Waals surface area contributed by atoms with Crippen LogP contribution < -0.4 is 10.2 Å². The van der Waals surface area contributed by atoms with Crippen molar-refractivity contribution in [1.82, 2.24) is 5.32 Å². The molecule has 1 rings (SSSR count). The van der Waals surface area contributed by atoms with Gasteiger partial charge in [-0.25, -0.2) is 0 Å². The summed E-state index contributed by atoms with van der Waals surface area (Å²) >= 11 is 0. The van der Waals surface area contributed by atoms with Gasteiger partial charge in [-0.1, -0.05) is 24.3 Å². The van der Waals surface area contributed by atoms with Crippen molar-refractivity contribution in [1.29, 1.82) is 0 Å². The van der Waals surface area contributed by atoms with Crippen LogP contribution in [0, 0.1) is 0 Å². The third kappa shape index (κ3) is 3.86. The maximum absolute atomic E-state index is 5.18. The molecule has 0 aliphatic carbocycles. The molecule has 0 saturated carbocycles. The van der Waals surface area contributed by atoms with Gasteiger partial charge in [0.05, 0.1) is 6.61 Å². The van der Waals surface area contributed by atoms with Crippen LogP contribution in [-0.2, 0) is 4.74 Å². The van der Waals surface area contributed by atoms with E-state index in [-0.39, 0.29) is 0 Å². The molecule has 0 aliphatic rings. The minimum absolute atomic E-state index is 0.330. The molecule has 18 heavy (non-hydrogen) atoms. The fourth-order valence-electron chi connectivity index (χ4n) is 1.96. The van der Waals surface area contributed by atoms with Crippen LogP contribution >= 0.6 is 0 Å². The summed E-state index contributed by atoms with van der Waals surface area (Å²) in [7, 11) is 3.71. The Bertz CT molecular complexity index is 365. The Morgan fingerprint density at radius 3 is 2.78 bits per heavy atom. The highest BCUT2D eigenvalue weighted by atomic mass is 16.5. The Morgan fingerprint density at radius 2 is 2.17 bits per heavy atom. The SMILES string of the molecule is C=CCN(CCOC)c1ccccc1C(C)NC. The van der Waals surface area contributed by atoms with E-state index in [9.17, 15) is 0 Å². The van der Waals surface area contributed by atoms with Crippen molar-refractivity contribution in [2.45, 2.75) is 13.0 Å². The third-order valence-electron chi connectivity index (χ3n) is 3.09. The molecule has 1 atom stereocenters. The second-order valence-corrected chi connectivity index (χ2v) is 4.30. The van der Waals surface area contributed by atoms with Crippen LogP contribution in [0.15, 0.2) is 36.9 Å². The first kappa shape index (κ1) is 14.7. The molecule has 3 nitrogen and oxygen atoms in total. The van der Waals surface area contributed by atoms with Crippen molar-refractivity contribution in [2.24, 2.45) is 0 Å². The highest BCUT2D eigenvalue weighted by Crippen LogP contribution is 2.25. The first-order valence-electron chi connectivity index (χ1n) is 6.35. The normalized spacial score (nSPS) is 12.2. The van der Waals surface area contributed by atoms with E-state index >= 15 is 0 Å². The van der Waals surface area contributed by atoms with Gasteiger partial charge < -0.3 is 15.0 Å². The van der Waals surface area contributed by atoms with Gasteiger partial charge in [0.25, 0.3) is 0 Å². The summed E-state index contributed by atoms with van der Waals surface area (Å²) in [4.78, 5) is 2.29. The van der Waals surface area contributed by atoms with Crippen molar-refractivity contribution in [3.8, 4) is 0 Å². The molecular formula is C15H24N2O. The van der Waals surface area contributed by atoms with Gasteiger partial charge in [-0.05, 0) is 25.6 Å². The zero-order valence-corrected chi connectivity index (χ0v) is 11.6. The molecule has 1 aromatic rings. The Balaban J connectivity index is 2.98. The van der Waals surface area contributed by atoms with Gasteiger partial charge in [-0.2, -0.15) is 0 Å². The predicted molar refractivity (Wildman–Crippen MR) is 78.2 cm³/mol. The van der Waals surface area contributed by atoms with Crippen LogP contribution in [0.5, 0.6) is 0 Å². The molecule has 0 aromatic heterocycles. The Kier molecular flexibility index (Phi) is 6.47. The number of methoxy groups -OCH3 is 1. The molecule has 1 N–H and O–H groups in total. The van der Waals surface area contributed by atoms with Gasteiger partial charge in [-0.15, -0.1) is 6.58 Å². The maximum Gasteiger partial charge on any atom is 0.0637 e. The highest BCUT2D eigenvalue weighted by Gasteiger charge is 2.13. The van der Waals surface area contributed by atoms with E-state index in [0.717, 1.165) is 19.7 Å². The number of benzene rings is 1. The standard InChI is InChI=1S/C15H24N2O/c1-5-10-17(11-12-18-4)15-9-7-6-8-14(15)13(2)16-3/h5-9,13,16H,1,10-12H2,2-4H3. The average Bonchev–Trinajstić information content (AvgIpc) is 2.42. The van der Waals surface area contributed by atoms with Crippen LogP contribution in [0.2, 0.25) is 0 Å². The van der Waals surface area contributed by atoms with Gasteiger partial charge in [-0.3, -0.25) is 0 Å². The molecule has 0 spiro atoms.